The number of fused-ring (bicyclic) bond motifs is 2. The zero-order valence-electron chi connectivity index (χ0n) is 14.7. The topological polar surface area (TPSA) is 75.1 Å². The summed E-state index contributed by atoms with van der Waals surface area (Å²) in [6.07, 6.45) is 3.82. The lowest BCUT2D eigenvalue weighted by atomic mass is 10.00. The number of hydrogen-bond acceptors (Lipinski definition) is 3. The van der Waals surface area contributed by atoms with E-state index in [0.29, 0.717) is 22.2 Å². The van der Waals surface area contributed by atoms with Crippen molar-refractivity contribution in [1.82, 2.24) is 19.6 Å². The zero-order chi connectivity index (χ0) is 20.3. The number of halogens is 4. The molecule has 0 spiro atoms. The van der Waals surface area contributed by atoms with Crippen molar-refractivity contribution >= 4 is 39.9 Å². The highest BCUT2D eigenvalue weighted by Gasteiger charge is 2.43. The number of nitrogens with zero attached hydrogens (tertiary/aromatic N) is 3. The van der Waals surface area contributed by atoms with Gasteiger partial charge in [-0.1, -0.05) is 11.6 Å². The Balaban J connectivity index is 1.58. The molecule has 0 radical (unpaired) electrons. The number of aromatic amines is 1. The van der Waals surface area contributed by atoms with Crippen molar-refractivity contribution < 1.29 is 18.0 Å². The Morgan fingerprint density at radius 2 is 2.17 bits per heavy atom. The summed E-state index contributed by atoms with van der Waals surface area (Å²) in [5, 5.41) is 9.38. The molecule has 2 unspecified atom stereocenters. The van der Waals surface area contributed by atoms with Gasteiger partial charge in [-0.2, -0.15) is 5.10 Å². The number of H-pyrrole nitrogens is 1. The maximum atomic E-state index is 14.6. The molecule has 1 aliphatic carbocycles. The second kappa shape index (κ2) is 6.48. The van der Waals surface area contributed by atoms with Crippen molar-refractivity contribution in [2.75, 3.05) is 5.32 Å². The molecule has 0 bridgehead atoms. The van der Waals surface area contributed by atoms with E-state index in [2.05, 4.69) is 20.5 Å². The highest BCUT2D eigenvalue weighted by Crippen LogP contribution is 2.39. The maximum absolute atomic E-state index is 14.6. The summed E-state index contributed by atoms with van der Waals surface area (Å²) in [6.45, 7) is -1.02. The fourth-order valence-corrected chi connectivity index (χ4v) is 3.76. The highest BCUT2D eigenvalue weighted by molar-refractivity contribution is 6.35. The van der Waals surface area contributed by atoms with Crippen LogP contribution in [0.15, 0.2) is 30.7 Å². The van der Waals surface area contributed by atoms with E-state index in [1.165, 1.54) is 6.20 Å². The Bertz CT molecular complexity index is 1280. The van der Waals surface area contributed by atoms with Crippen molar-refractivity contribution in [2.45, 2.75) is 19.3 Å². The fraction of sp³-hybridized carbons (Fsp3) is 0.211. The van der Waals surface area contributed by atoms with Crippen LogP contribution in [0.4, 0.5) is 19.0 Å². The van der Waals surface area contributed by atoms with Crippen molar-refractivity contribution in [3.63, 3.8) is 0 Å². The fourth-order valence-electron chi connectivity index (χ4n) is 3.44. The lowest BCUT2D eigenvalue weighted by molar-refractivity contribution is -0.117. The third-order valence-corrected chi connectivity index (χ3v) is 5.42. The summed E-state index contributed by atoms with van der Waals surface area (Å²) in [4.78, 5) is 16.2. The van der Waals surface area contributed by atoms with Crippen molar-refractivity contribution in [3.8, 4) is 11.1 Å². The Morgan fingerprint density at radius 3 is 2.90 bits per heavy atom. The molecular weight excluding hydrogens is 407 g/mol. The van der Waals surface area contributed by atoms with E-state index in [1.54, 1.807) is 28.9 Å². The van der Waals surface area contributed by atoms with E-state index in [0.717, 1.165) is 0 Å². The Kier molecular flexibility index (Phi) is 4.02. The smallest absolute Gasteiger partial charge is 0.231 e. The summed E-state index contributed by atoms with van der Waals surface area (Å²) in [5.74, 6) is -1.59. The van der Waals surface area contributed by atoms with Gasteiger partial charge in [-0.15, -0.1) is 0 Å². The Labute approximate surface area is 166 Å². The van der Waals surface area contributed by atoms with Crippen LogP contribution in [0.3, 0.4) is 0 Å². The maximum Gasteiger partial charge on any atom is 0.231 e. The molecule has 0 saturated heterocycles. The molecule has 2 atom stereocenters. The quantitative estimate of drug-likeness (QED) is 0.513. The number of pyridine rings is 1. The number of amides is 1. The molecule has 6 nitrogen and oxygen atoms in total. The van der Waals surface area contributed by atoms with Gasteiger partial charge < -0.3 is 9.72 Å². The van der Waals surface area contributed by atoms with Gasteiger partial charge in [0, 0.05) is 28.3 Å². The number of anilines is 1. The third-order valence-electron chi connectivity index (χ3n) is 5.06. The first-order valence-corrected chi connectivity index (χ1v) is 9.18. The van der Waals surface area contributed by atoms with E-state index in [-0.39, 0.29) is 28.3 Å². The number of rotatable bonds is 4. The number of carbonyl (C=O) groups excluding carboxylic acids is 1. The highest BCUT2D eigenvalue weighted by atomic mass is 35.5. The van der Waals surface area contributed by atoms with Gasteiger partial charge in [-0.3, -0.25) is 9.89 Å². The molecule has 1 aliphatic rings. The zero-order valence-corrected chi connectivity index (χ0v) is 15.5. The van der Waals surface area contributed by atoms with Crippen LogP contribution in [0.5, 0.6) is 0 Å². The summed E-state index contributed by atoms with van der Waals surface area (Å²) >= 11 is 6.23. The molecule has 4 aromatic rings. The van der Waals surface area contributed by atoms with Crippen LogP contribution in [0.2, 0.25) is 5.02 Å². The summed E-state index contributed by atoms with van der Waals surface area (Å²) in [5.41, 5.74) is 1.51. The standard InChI is InChI=1S/C19H13ClF3N5O/c20-16-15(11-5-24-27-18(11)10(4-21)17(16)23)8-1-2-14-25-13(7-28(14)6-8)26-19(29)9-3-12(9)22/h1-2,5-7,9,12H,3-4H2,(H,24,27)(H,26,29). The van der Waals surface area contributed by atoms with Gasteiger partial charge in [-0.25, -0.2) is 18.2 Å². The van der Waals surface area contributed by atoms with Crippen LogP contribution in [0.1, 0.15) is 12.0 Å². The summed E-state index contributed by atoms with van der Waals surface area (Å²) in [7, 11) is 0. The van der Waals surface area contributed by atoms with E-state index in [4.69, 9.17) is 11.6 Å². The first-order chi connectivity index (χ1) is 14.0. The Hall–Kier alpha value is -3.07. The van der Waals surface area contributed by atoms with Crippen LogP contribution < -0.4 is 5.32 Å². The van der Waals surface area contributed by atoms with Gasteiger partial charge in [-0.05, 0) is 18.6 Å². The predicted molar refractivity (Wildman–Crippen MR) is 102 cm³/mol. The molecule has 29 heavy (non-hydrogen) atoms. The average molecular weight is 420 g/mol. The van der Waals surface area contributed by atoms with E-state index < -0.39 is 30.5 Å². The third kappa shape index (κ3) is 2.84. The lowest BCUT2D eigenvalue weighted by Crippen LogP contribution is -2.15. The first kappa shape index (κ1) is 18.0. The number of alkyl halides is 2. The summed E-state index contributed by atoms with van der Waals surface area (Å²) in [6, 6.07) is 3.36. The lowest BCUT2D eigenvalue weighted by Gasteiger charge is -2.11. The van der Waals surface area contributed by atoms with Crippen LogP contribution in [-0.4, -0.2) is 31.7 Å². The summed E-state index contributed by atoms with van der Waals surface area (Å²) < 4.78 is 42.6. The second-order valence-corrected chi connectivity index (χ2v) is 7.31. The van der Waals surface area contributed by atoms with E-state index in [1.807, 2.05) is 0 Å². The number of imidazole rings is 1. The predicted octanol–water partition coefficient (Wildman–Crippen LogP) is 4.44. The molecule has 148 valence electrons. The van der Waals surface area contributed by atoms with Gasteiger partial charge in [0.2, 0.25) is 5.91 Å². The van der Waals surface area contributed by atoms with Crippen molar-refractivity contribution in [2.24, 2.45) is 5.92 Å². The molecule has 0 aliphatic heterocycles. The molecule has 1 fully saturated rings. The van der Waals surface area contributed by atoms with E-state index >= 15 is 0 Å². The van der Waals surface area contributed by atoms with Crippen molar-refractivity contribution in [1.29, 1.82) is 0 Å². The molecule has 5 rings (SSSR count). The molecule has 3 heterocycles. The molecule has 1 aromatic carbocycles. The number of nitrogens with one attached hydrogen (secondary N) is 2. The largest absolute Gasteiger partial charge is 0.309 e. The average Bonchev–Trinajstić information content (AvgIpc) is 3.08. The second-order valence-electron chi connectivity index (χ2n) is 6.93. The van der Waals surface area contributed by atoms with Crippen LogP contribution >= 0.6 is 11.6 Å². The van der Waals surface area contributed by atoms with Gasteiger partial charge in [0.15, 0.2) is 5.82 Å². The van der Waals surface area contributed by atoms with Crippen LogP contribution in [-0.2, 0) is 11.5 Å². The minimum atomic E-state index is -1.10. The normalized spacial score (nSPS) is 18.5. The molecule has 1 saturated carbocycles. The molecule has 1 amide bonds. The molecule has 2 N–H and O–H groups in total. The Morgan fingerprint density at radius 1 is 1.38 bits per heavy atom. The van der Waals surface area contributed by atoms with Crippen LogP contribution in [0.25, 0.3) is 27.7 Å². The van der Waals surface area contributed by atoms with Gasteiger partial charge in [0.25, 0.3) is 0 Å². The van der Waals surface area contributed by atoms with Gasteiger partial charge in [0.05, 0.1) is 28.9 Å². The van der Waals surface area contributed by atoms with Crippen molar-refractivity contribution in [3.05, 3.63) is 47.1 Å². The number of carbonyl (C=O) groups is 1. The number of benzene rings is 1. The number of hydrogen-bond donors (Lipinski definition) is 2. The molecular formula is C19H13ClF3N5O. The molecule has 10 heteroatoms. The van der Waals surface area contributed by atoms with Gasteiger partial charge in [0.1, 0.15) is 24.3 Å². The molecule has 3 aromatic heterocycles. The monoisotopic (exact) mass is 419 g/mol. The SMILES string of the molecule is O=C(Nc1cn2cc(-c3c(Cl)c(F)c(CF)c4[nH]ncc34)ccc2n1)C1CC1F. The first-order valence-electron chi connectivity index (χ1n) is 8.81. The minimum absolute atomic E-state index is 0.175. The van der Waals surface area contributed by atoms with Gasteiger partial charge >= 0.3 is 0 Å². The van der Waals surface area contributed by atoms with Crippen LogP contribution in [0, 0.1) is 11.7 Å². The number of aromatic nitrogens is 4. The minimum Gasteiger partial charge on any atom is -0.309 e. The van der Waals surface area contributed by atoms with E-state index in [9.17, 15) is 18.0 Å².